The average molecular weight is 338 g/mol. The SMILES string of the molecule is C[C@]12C[C@H](c3ccccc3O1)n1c(s/c(=C\c3ccco3)c1=O)=N2. The Balaban J connectivity index is 1.80. The van der Waals surface area contributed by atoms with Gasteiger partial charge in [-0.25, -0.2) is 4.99 Å². The number of hydrogen-bond donors (Lipinski definition) is 0. The normalized spacial score (nSPS) is 24.7. The molecule has 0 spiro atoms. The molecular weight excluding hydrogens is 324 g/mol. The molecule has 2 aromatic heterocycles. The molecule has 120 valence electrons. The van der Waals surface area contributed by atoms with E-state index < -0.39 is 5.72 Å². The van der Waals surface area contributed by atoms with Gasteiger partial charge in [0.1, 0.15) is 11.5 Å². The average Bonchev–Trinajstić information content (AvgIpc) is 3.16. The highest BCUT2D eigenvalue weighted by Crippen LogP contribution is 2.42. The first kappa shape index (κ1) is 13.8. The number of fused-ring (bicyclic) bond motifs is 6. The van der Waals surface area contributed by atoms with Crippen LogP contribution in [0, 0.1) is 0 Å². The minimum absolute atomic E-state index is 0.0288. The fourth-order valence-electron chi connectivity index (χ4n) is 3.44. The van der Waals surface area contributed by atoms with Crippen LogP contribution in [0.2, 0.25) is 0 Å². The number of para-hydroxylation sites is 1. The van der Waals surface area contributed by atoms with Crippen LogP contribution < -0.4 is 19.6 Å². The molecule has 0 aliphatic carbocycles. The first-order chi connectivity index (χ1) is 11.6. The quantitative estimate of drug-likeness (QED) is 0.682. The van der Waals surface area contributed by atoms with Crippen molar-refractivity contribution < 1.29 is 9.15 Å². The van der Waals surface area contributed by atoms with E-state index in [1.54, 1.807) is 23.0 Å². The molecule has 3 aromatic rings. The molecule has 0 saturated carbocycles. The van der Waals surface area contributed by atoms with Gasteiger partial charge in [0.2, 0.25) is 5.72 Å². The molecule has 0 N–H and O–H groups in total. The number of thiazole rings is 1. The second-order valence-electron chi connectivity index (χ2n) is 6.23. The standard InChI is InChI=1S/C18H14N2O3S/c1-18-10-13(12-6-2-3-7-14(12)23-18)20-16(21)15(24-17(20)19-18)9-11-5-4-8-22-11/h2-9,13H,10H2,1H3/b15-9-/t13-,18-/m1/s1. The molecule has 4 heterocycles. The monoisotopic (exact) mass is 338 g/mol. The van der Waals surface area contributed by atoms with Gasteiger partial charge in [0.25, 0.3) is 5.56 Å². The maximum Gasteiger partial charge on any atom is 0.270 e. The Hall–Kier alpha value is -2.60. The summed E-state index contributed by atoms with van der Waals surface area (Å²) in [4.78, 5) is 18.4. The van der Waals surface area contributed by atoms with Gasteiger partial charge >= 0.3 is 0 Å². The summed E-state index contributed by atoms with van der Waals surface area (Å²) < 4.78 is 13.8. The molecule has 5 rings (SSSR count). The van der Waals surface area contributed by atoms with Crippen LogP contribution >= 0.6 is 11.3 Å². The van der Waals surface area contributed by atoms with Crippen LogP contribution in [-0.2, 0) is 0 Å². The highest BCUT2D eigenvalue weighted by molar-refractivity contribution is 7.07. The molecule has 0 unspecified atom stereocenters. The van der Waals surface area contributed by atoms with Crippen LogP contribution in [0.25, 0.3) is 6.08 Å². The summed E-state index contributed by atoms with van der Waals surface area (Å²) in [5.41, 5.74) is 0.382. The number of benzene rings is 1. The molecule has 0 amide bonds. The van der Waals surface area contributed by atoms with Crippen molar-refractivity contribution in [2.75, 3.05) is 0 Å². The van der Waals surface area contributed by atoms with E-state index >= 15 is 0 Å². The molecular formula is C18H14N2O3S. The van der Waals surface area contributed by atoms with Crippen LogP contribution in [-0.4, -0.2) is 10.3 Å². The van der Waals surface area contributed by atoms with Crippen molar-refractivity contribution in [3.8, 4) is 5.75 Å². The van der Waals surface area contributed by atoms with Gasteiger partial charge in [-0.15, -0.1) is 0 Å². The summed E-state index contributed by atoms with van der Waals surface area (Å²) in [6.45, 7) is 1.97. The van der Waals surface area contributed by atoms with Crippen molar-refractivity contribution in [3.05, 3.63) is 73.7 Å². The minimum atomic E-state index is -0.627. The van der Waals surface area contributed by atoms with Crippen molar-refractivity contribution in [1.82, 2.24) is 4.57 Å². The van der Waals surface area contributed by atoms with E-state index in [9.17, 15) is 4.79 Å². The molecule has 24 heavy (non-hydrogen) atoms. The highest BCUT2D eigenvalue weighted by Gasteiger charge is 2.42. The summed E-state index contributed by atoms with van der Waals surface area (Å²) in [5, 5.41) is 0. The Labute approximate surface area is 141 Å². The second kappa shape index (κ2) is 4.70. The zero-order chi connectivity index (χ0) is 16.3. The third kappa shape index (κ3) is 1.93. The number of nitrogens with zero attached hydrogens (tertiary/aromatic N) is 2. The minimum Gasteiger partial charge on any atom is -0.466 e. The Morgan fingerprint density at radius 1 is 1.33 bits per heavy atom. The van der Waals surface area contributed by atoms with Gasteiger partial charge in [-0.1, -0.05) is 29.5 Å². The lowest BCUT2D eigenvalue weighted by atomic mass is 9.93. The number of rotatable bonds is 1. The van der Waals surface area contributed by atoms with E-state index in [0.717, 1.165) is 11.3 Å². The third-order valence-electron chi connectivity index (χ3n) is 4.48. The lowest BCUT2D eigenvalue weighted by molar-refractivity contribution is 0.0410. The molecule has 2 aliphatic heterocycles. The molecule has 0 saturated heterocycles. The molecule has 5 nitrogen and oxygen atoms in total. The van der Waals surface area contributed by atoms with Gasteiger partial charge in [-0.3, -0.25) is 9.36 Å². The molecule has 0 fully saturated rings. The largest absolute Gasteiger partial charge is 0.466 e. The molecule has 2 bridgehead atoms. The van der Waals surface area contributed by atoms with E-state index in [-0.39, 0.29) is 11.6 Å². The Kier molecular flexibility index (Phi) is 2.71. The molecule has 2 atom stereocenters. The molecule has 0 radical (unpaired) electrons. The fourth-order valence-corrected chi connectivity index (χ4v) is 4.54. The number of hydrogen-bond acceptors (Lipinski definition) is 5. The van der Waals surface area contributed by atoms with Crippen LogP contribution in [0.15, 0.2) is 56.9 Å². The van der Waals surface area contributed by atoms with Gasteiger partial charge < -0.3 is 9.15 Å². The maximum absolute atomic E-state index is 13.0. The number of ether oxygens (including phenoxy) is 1. The van der Waals surface area contributed by atoms with Crippen molar-refractivity contribution in [1.29, 1.82) is 0 Å². The van der Waals surface area contributed by atoms with Gasteiger partial charge in [-0.2, -0.15) is 0 Å². The van der Waals surface area contributed by atoms with Gasteiger partial charge in [0, 0.05) is 18.1 Å². The molecule has 1 aromatic carbocycles. The van der Waals surface area contributed by atoms with Crippen molar-refractivity contribution in [2.24, 2.45) is 4.99 Å². The summed E-state index contributed by atoms with van der Waals surface area (Å²) in [6.07, 6.45) is 4.03. The maximum atomic E-state index is 13.0. The predicted octanol–water partition coefficient (Wildman–Crippen LogP) is 2.05. The number of furan rings is 1. The topological polar surface area (TPSA) is 56.7 Å². The van der Waals surface area contributed by atoms with E-state index in [0.29, 0.717) is 21.5 Å². The Morgan fingerprint density at radius 3 is 3.04 bits per heavy atom. The Bertz CT molecular complexity index is 1110. The first-order valence-electron chi connectivity index (χ1n) is 7.77. The zero-order valence-corrected chi connectivity index (χ0v) is 13.7. The summed E-state index contributed by atoms with van der Waals surface area (Å²) >= 11 is 1.38. The van der Waals surface area contributed by atoms with Crippen LogP contribution in [0.3, 0.4) is 0 Å². The van der Waals surface area contributed by atoms with Crippen LogP contribution in [0.1, 0.15) is 30.7 Å². The second-order valence-corrected chi connectivity index (χ2v) is 7.24. The zero-order valence-electron chi connectivity index (χ0n) is 12.9. The lowest BCUT2D eigenvalue weighted by Crippen LogP contribution is -2.49. The van der Waals surface area contributed by atoms with E-state index in [1.807, 2.05) is 37.3 Å². The van der Waals surface area contributed by atoms with Gasteiger partial charge in [0.05, 0.1) is 16.8 Å². The van der Waals surface area contributed by atoms with Gasteiger partial charge in [0.15, 0.2) is 4.80 Å². The predicted molar refractivity (Wildman–Crippen MR) is 89.9 cm³/mol. The lowest BCUT2D eigenvalue weighted by Gasteiger charge is -2.39. The van der Waals surface area contributed by atoms with E-state index in [2.05, 4.69) is 0 Å². The van der Waals surface area contributed by atoms with E-state index in [4.69, 9.17) is 14.1 Å². The fraction of sp³-hybridized carbons (Fsp3) is 0.222. The van der Waals surface area contributed by atoms with Crippen LogP contribution in [0.5, 0.6) is 5.75 Å². The van der Waals surface area contributed by atoms with Crippen molar-refractivity contribution in [3.63, 3.8) is 0 Å². The summed E-state index contributed by atoms with van der Waals surface area (Å²) in [7, 11) is 0. The molecule has 6 heteroatoms. The summed E-state index contributed by atoms with van der Waals surface area (Å²) in [6, 6.07) is 11.5. The van der Waals surface area contributed by atoms with E-state index in [1.165, 1.54) is 11.3 Å². The first-order valence-corrected chi connectivity index (χ1v) is 8.59. The van der Waals surface area contributed by atoms with Crippen LogP contribution in [0.4, 0.5) is 0 Å². The highest BCUT2D eigenvalue weighted by atomic mass is 32.1. The smallest absolute Gasteiger partial charge is 0.270 e. The molecule has 2 aliphatic rings. The van der Waals surface area contributed by atoms with Crippen molar-refractivity contribution >= 4 is 17.4 Å². The number of aromatic nitrogens is 1. The summed E-state index contributed by atoms with van der Waals surface area (Å²) in [5.74, 6) is 1.47. The Morgan fingerprint density at radius 2 is 2.21 bits per heavy atom. The van der Waals surface area contributed by atoms with Gasteiger partial charge in [-0.05, 0) is 25.1 Å². The third-order valence-corrected chi connectivity index (χ3v) is 5.46. The van der Waals surface area contributed by atoms with Crippen molar-refractivity contribution in [2.45, 2.75) is 25.1 Å².